The predicted molar refractivity (Wildman–Crippen MR) is 124 cm³/mol. The molecule has 0 aliphatic rings. The number of hydrogen-bond donors (Lipinski definition) is 7. The second kappa shape index (κ2) is 16.7. The maximum absolute atomic E-state index is 12.9. The number of aliphatic hydroxyl groups excluding tert-OH is 1. The summed E-state index contributed by atoms with van der Waals surface area (Å²) in [4.78, 5) is 49.4. The molecule has 0 heterocycles. The van der Waals surface area contributed by atoms with Crippen LogP contribution >= 0.6 is 11.8 Å². The van der Waals surface area contributed by atoms with Crippen LogP contribution in [-0.2, 0) is 19.2 Å². The lowest BCUT2D eigenvalue weighted by Crippen LogP contribution is -2.59. The van der Waals surface area contributed by atoms with E-state index in [0.717, 1.165) is 0 Å². The monoisotopic (exact) mass is 477 g/mol. The average molecular weight is 478 g/mol. The van der Waals surface area contributed by atoms with E-state index in [2.05, 4.69) is 16.0 Å². The fourth-order valence-corrected chi connectivity index (χ4v) is 3.31. The third-order valence-electron chi connectivity index (χ3n) is 5.13. The van der Waals surface area contributed by atoms with Crippen LogP contribution in [0, 0.1) is 5.92 Å². The zero-order chi connectivity index (χ0) is 24.7. The number of thioether (sulfide) groups is 1. The van der Waals surface area contributed by atoms with Gasteiger partial charge in [-0.05, 0) is 50.2 Å². The fraction of sp³-hybridized carbons (Fsp3) is 0.800. The number of carboxylic acid groups (broad SMARTS) is 1. The van der Waals surface area contributed by atoms with Crippen molar-refractivity contribution >= 4 is 35.5 Å². The Morgan fingerprint density at radius 1 is 0.969 bits per heavy atom. The van der Waals surface area contributed by atoms with E-state index in [1.165, 1.54) is 11.8 Å². The lowest BCUT2D eigenvalue weighted by molar-refractivity contribution is -0.143. The lowest BCUT2D eigenvalue weighted by atomic mass is 9.97. The van der Waals surface area contributed by atoms with Crippen molar-refractivity contribution in [1.82, 2.24) is 16.0 Å². The smallest absolute Gasteiger partial charge is 0.326 e. The number of carbonyl (C=O) groups is 4. The molecule has 0 saturated heterocycles. The highest BCUT2D eigenvalue weighted by molar-refractivity contribution is 7.98. The first kappa shape index (κ1) is 30.1. The molecule has 0 spiro atoms. The van der Waals surface area contributed by atoms with Gasteiger partial charge < -0.3 is 37.6 Å². The minimum absolute atomic E-state index is 0.227. The van der Waals surface area contributed by atoms with Gasteiger partial charge in [0.2, 0.25) is 17.7 Å². The largest absolute Gasteiger partial charge is 0.480 e. The van der Waals surface area contributed by atoms with Gasteiger partial charge in [-0.2, -0.15) is 11.8 Å². The first-order valence-corrected chi connectivity index (χ1v) is 12.2. The van der Waals surface area contributed by atoms with Gasteiger partial charge in [0, 0.05) is 0 Å². The second-order valence-electron chi connectivity index (χ2n) is 7.69. The number of nitrogens with one attached hydrogen (secondary N) is 3. The van der Waals surface area contributed by atoms with E-state index in [4.69, 9.17) is 16.6 Å². The summed E-state index contributed by atoms with van der Waals surface area (Å²) in [6.07, 6.45) is 4.11. The maximum Gasteiger partial charge on any atom is 0.326 e. The Balaban J connectivity index is 5.40. The molecule has 9 N–H and O–H groups in total. The minimum atomic E-state index is -1.17. The molecule has 5 unspecified atom stereocenters. The topological polar surface area (TPSA) is 197 Å². The van der Waals surface area contributed by atoms with Gasteiger partial charge >= 0.3 is 5.97 Å². The van der Waals surface area contributed by atoms with Gasteiger partial charge in [0.05, 0.1) is 6.61 Å². The number of rotatable bonds is 17. The number of aliphatic hydroxyl groups is 1. The Bertz CT molecular complexity index is 609. The Morgan fingerprint density at radius 3 is 2.09 bits per heavy atom. The van der Waals surface area contributed by atoms with Gasteiger partial charge in [0.15, 0.2) is 0 Å². The zero-order valence-corrected chi connectivity index (χ0v) is 20.0. The van der Waals surface area contributed by atoms with E-state index >= 15 is 0 Å². The van der Waals surface area contributed by atoms with E-state index in [1.54, 1.807) is 6.92 Å². The van der Waals surface area contributed by atoms with Crippen molar-refractivity contribution < 1.29 is 29.4 Å². The normalized spacial score (nSPS) is 15.7. The number of carbonyl (C=O) groups excluding carboxylic acids is 3. The molecule has 12 heteroatoms. The fourth-order valence-electron chi connectivity index (χ4n) is 2.83. The Hall–Kier alpha value is -1.89. The highest BCUT2D eigenvalue weighted by atomic mass is 32.2. The zero-order valence-electron chi connectivity index (χ0n) is 19.1. The van der Waals surface area contributed by atoms with Crippen LogP contribution in [0.5, 0.6) is 0 Å². The summed E-state index contributed by atoms with van der Waals surface area (Å²) in [5.41, 5.74) is 11.0. The van der Waals surface area contributed by atoms with Gasteiger partial charge in [-0.1, -0.05) is 20.3 Å². The molecule has 0 rings (SSSR count). The molecule has 0 fully saturated rings. The molecule has 3 amide bonds. The number of amides is 3. The molecular formula is C20H39N5O6S. The third kappa shape index (κ3) is 11.1. The summed E-state index contributed by atoms with van der Waals surface area (Å²) >= 11 is 1.48. The van der Waals surface area contributed by atoms with E-state index in [9.17, 15) is 24.3 Å². The molecule has 0 bridgehead atoms. The maximum atomic E-state index is 12.9. The SMILES string of the molecule is CCC(C)C(NC(=O)C(CCSC)NC(=O)C(N)CO)C(=O)NC(CCCCN)C(=O)O. The molecule has 5 atom stereocenters. The van der Waals surface area contributed by atoms with Crippen molar-refractivity contribution in [1.29, 1.82) is 0 Å². The van der Waals surface area contributed by atoms with Crippen molar-refractivity contribution in [3.8, 4) is 0 Å². The first-order valence-electron chi connectivity index (χ1n) is 10.8. The highest BCUT2D eigenvalue weighted by Crippen LogP contribution is 2.11. The molecule has 32 heavy (non-hydrogen) atoms. The van der Waals surface area contributed by atoms with Gasteiger partial charge in [0.25, 0.3) is 0 Å². The van der Waals surface area contributed by atoms with Crippen LogP contribution < -0.4 is 27.4 Å². The van der Waals surface area contributed by atoms with E-state index in [1.807, 2.05) is 13.2 Å². The number of carboxylic acids is 1. The van der Waals surface area contributed by atoms with Crippen LogP contribution in [0.25, 0.3) is 0 Å². The molecule has 0 radical (unpaired) electrons. The summed E-state index contributed by atoms with van der Waals surface area (Å²) in [6.45, 7) is 3.47. The Labute approximate surface area is 193 Å². The van der Waals surface area contributed by atoms with Crippen molar-refractivity contribution in [2.45, 2.75) is 70.1 Å². The molecule has 186 valence electrons. The second-order valence-corrected chi connectivity index (χ2v) is 8.67. The molecule has 0 aromatic rings. The Kier molecular flexibility index (Phi) is 15.7. The van der Waals surface area contributed by atoms with Crippen LogP contribution in [0.3, 0.4) is 0 Å². The molecule has 0 aliphatic heterocycles. The number of hydrogen-bond acceptors (Lipinski definition) is 8. The van der Waals surface area contributed by atoms with Crippen molar-refractivity contribution in [3.05, 3.63) is 0 Å². The summed E-state index contributed by atoms with van der Waals surface area (Å²) < 4.78 is 0. The standard InChI is InChI=1S/C20H39N5O6S/c1-4-12(2)16(19(29)24-15(20(30)31)7-5-6-9-21)25-18(28)14(8-10-32-3)23-17(27)13(22)11-26/h12-16,26H,4-11,21-22H2,1-3H3,(H,23,27)(H,24,29)(H,25,28)(H,30,31). The molecule has 0 aromatic heterocycles. The minimum Gasteiger partial charge on any atom is -0.480 e. The predicted octanol–water partition coefficient (Wildman–Crippen LogP) is -1.23. The Morgan fingerprint density at radius 2 is 1.59 bits per heavy atom. The van der Waals surface area contributed by atoms with E-state index in [-0.39, 0.29) is 12.3 Å². The quantitative estimate of drug-likeness (QED) is 0.125. The molecule has 0 saturated carbocycles. The molecular weight excluding hydrogens is 438 g/mol. The van der Waals surface area contributed by atoms with Crippen molar-refractivity contribution in [3.63, 3.8) is 0 Å². The van der Waals surface area contributed by atoms with Gasteiger partial charge in [0.1, 0.15) is 24.2 Å². The van der Waals surface area contributed by atoms with Crippen LogP contribution in [0.1, 0.15) is 46.0 Å². The average Bonchev–Trinajstić information content (AvgIpc) is 2.77. The molecule has 0 aliphatic carbocycles. The van der Waals surface area contributed by atoms with Gasteiger partial charge in [-0.3, -0.25) is 14.4 Å². The third-order valence-corrected chi connectivity index (χ3v) is 5.78. The van der Waals surface area contributed by atoms with E-state index < -0.39 is 54.5 Å². The van der Waals surface area contributed by atoms with Crippen LogP contribution in [0.4, 0.5) is 0 Å². The van der Waals surface area contributed by atoms with Crippen LogP contribution in [0.15, 0.2) is 0 Å². The summed E-state index contributed by atoms with van der Waals surface area (Å²) in [6, 6.07) is -4.19. The first-order chi connectivity index (χ1) is 15.1. The van der Waals surface area contributed by atoms with Gasteiger partial charge in [-0.15, -0.1) is 0 Å². The summed E-state index contributed by atoms with van der Waals surface area (Å²) in [5, 5.41) is 26.2. The van der Waals surface area contributed by atoms with Crippen molar-refractivity contribution in [2.75, 3.05) is 25.2 Å². The van der Waals surface area contributed by atoms with Crippen molar-refractivity contribution in [2.24, 2.45) is 17.4 Å². The number of nitrogens with two attached hydrogens (primary N) is 2. The number of unbranched alkanes of at least 4 members (excludes halogenated alkanes) is 1. The van der Waals surface area contributed by atoms with Crippen LogP contribution in [0.2, 0.25) is 0 Å². The highest BCUT2D eigenvalue weighted by Gasteiger charge is 2.32. The van der Waals surface area contributed by atoms with Gasteiger partial charge in [-0.25, -0.2) is 4.79 Å². The van der Waals surface area contributed by atoms with Crippen LogP contribution in [-0.4, -0.2) is 83.2 Å². The summed E-state index contributed by atoms with van der Waals surface area (Å²) in [7, 11) is 0. The van der Waals surface area contributed by atoms with E-state index in [0.29, 0.717) is 38.0 Å². The molecule has 11 nitrogen and oxygen atoms in total. The summed E-state index contributed by atoms with van der Waals surface area (Å²) in [5.74, 6) is -2.73. The number of aliphatic carboxylic acids is 1. The lowest BCUT2D eigenvalue weighted by Gasteiger charge is -2.28. The molecule has 0 aromatic carbocycles.